The van der Waals surface area contributed by atoms with Gasteiger partial charge in [-0.2, -0.15) is 5.10 Å². The van der Waals surface area contributed by atoms with Gasteiger partial charge in [-0.15, -0.1) is 0 Å². The minimum absolute atomic E-state index is 0.612. The number of hydrogen-bond acceptors (Lipinski definition) is 3. The number of halogens is 1. The van der Waals surface area contributed by atoms with Crippen LogP contribution in [-0.2, 0) is 20.0 Å². The SMILES string of the molecule is CCc1nn(C)c(CNN2C(C)CCCC2C)c1Br. The van der Waals surface area contributed by atoms with Crippen LogP contribution in [0, 0.1) is 0 Å². The van der Waals surface area contributed by atoms with Gasteiger partial charge in [0.2, 0.25) is 0 Å². The highest BCUT2D eigenvalue weighted by Crippen LogP contribution is 2.23. The lowest BCUT2D eigenvalue weighted by Gasteiger charge is -2.39. The minimum Gasteiger partial charge on any atom is -0.270 e. The number of rotatable bonds is 4. The highest BCUT2D eigenvalue weighted by Gasteiger charge is 2.25. The Morgan fingerprint density at radius 2 is 1.95 bits per heavy atom. The summed E-state index contributed by atoms with van der Waals surface area (Å²) >= 11 is 3.68. The molecule has 5 heteroatoms. The second kappa shape index (κ2) is 6.37. The first-order valence-corrected chi connectivity index (χ1v) is 8.06. The molecule has 1 aromatic rings. The molecule has 2 heterocycles. The Balaban J connectivity index is 2.04. The summed E-state index contributed by atoms with van der Waals surface area (Å²) in [4.78, 5) is 0. The predicted molar refractivity (Wildman–Crippen MR) is 81.7 cm³/mol. The van der Waals surface area contributed by atoms with Crippen molar-refractivity contribution in [3.05, 3.63) is 15.9 Å². The Hall–Kier alpha value is -0.390. The number of piperidine rings is 1. The van der Waals surface area contributed by atoms with Crippen molar-refractivity contribution in [3.63, 3.8) is 0 Å². The zero-order valence-electron chi connectivity index (χ0n) is 12.4. The van der Waals surface area contributed by atoms with Gasteiger partial charge in [0.1, 0.15) is 0 Å². The Bertz CT molecular complexity index is 419. The monoisotopic (exact) mass is 328 g/mol. The van der Waals surface area contributed by atoms with Crippen LogP contribution in [0.5, 0.6) is 0 Å². The van der Waals surface area contributed by atoms with E-state index in [1.54, 1.807) is 0 Å². The van der Waals surface area contributed by atoms with Gasteiger partial charge in [0.05, 0.1) is 22.4 Å². The van der Waals surface area contributed by atoms with Gasteiger partial charge in [0, 0.05) is 19.1 Å². The maximum absolute atomic E-state index is 4.54. The van der Waals surface area contributed by atoms with E-state index in [0.717, 1.165) is 23.1 Å². The third-order valence-corrected chi connectivity index (χ3v) is 5.04. The summed E-state index contributed by atoms with van der Waals surface area (Å²) in [7, 11) is 2.02. The number of hydrazine groups is 1. The fourth-order valence-corrected chi connectivity index (χ4v) is 3.67. The largest absolute Gasteiger partial charge is 0.270 e. The Morgan fingerprint density at radius 1 is 1.32 bits per heavy atom. The zero-order valence-corrected chi connectivity index (χ0v) is 14.0. The average Bonchev–Trinajstić information content (AvgIpc) is 2.65. The van der Waals surface area contributed by atoms with Crippen molar-refractivity contribution in [1.82, 2.24) is 20.2 Å². The summed E-state index contributed by atoms with van der Waals surface area (Å²) in [5.74, 6) is 0. The first-order valence-electron chi connectivity index (χ1n) is 7.26. The van der Waals surface area contributed by atoms with Crippen LogP contribution in [0.4, 0.5) is 0 Å². The standard InChI is InChI=1S/C14H25BrN4/c1-5-12-14(15)13(18(4)17-12)9-16-19-10(2)7-6-8-11(19)3/h10-11,16H,5-9H2,1-4H3. The van der Waals surface area contributed by atoms with Crippen LogP contribution in [-0.4, -0.2) is 26.9 Å². The first-order chi connectivity index (χ1) is 9.04. The summed E-state index contributed by atoms with van der Waals surface area (Å²) in [6, 6.07) is 1.22. The molecule has 108 valence electrons. The third kappa shape index (κ3) is 3.20. The van der Waals surface area contributed by atoms with E-state index >= 15 is 0 Å². The molecule has 19 heavy (non-hydrogen) atoms. The molecule has 1 aromatic heterocycles. The van der Waals surface area contributed by atoms with Crippen LogP contribution in [0.15, 0.2) is 4.47 Å². The van der Waals surface area contributed by atoms with Gasteiger partial charge < -0.3 is 0 Å². The van der Waals surface area contributed by atoms with E-state index in [2.05, 4.69) is 52.2 Å². The second-order valence-electron chi connectivity index (χ2n) is 5.56. The molecule has 0 aliphatic carbocycles. The first kappa shape index (κ1) is 15.0. The molecular formula is C14H25BrN4. The fraction of sp³-hybridized carbons (Fsp3) is 0.786. The molecule has 4 nitrogen and oxygen atoms in total. The van der Waals surface area contributed by atoms with Gasteiger partial charge in [-0.3, -0.25) is 4.68 Å². The van der Waals surface area contributed by atoms with Crippen molar-refractivity contribution in [3.8, 4) is 0 Å². The Morgan fingerprint density at radius 3 is 2.47 bits per heavy atom. The molecule has 1 aliphatic heterocycles. The zero-order chi connectivity index (χ0) is 14.0. The molecule has 0 amide bonds. The lowest BCUT2D eigenvalue weighted by Crippen LogP contribution is -2.51. The second-order valence-corrected chi connectivity index (χ2v) is 6.35. The molecular weight excluding hydrogens is 304 g/mol. The molecule has 2 rings (SSSR count). The molecule has 0 radical (unpaired) electrons. The van der Waals surface area contributed by atoms with E-state index in [0.29, 0.717) is 12.1 Å². The van der Waals surface area contributed by atoms with Crippen LogP contribution in [0.25, 0.3) is 0 Å². The van der Waals surface area contributed by atoms with E-state index in [1.807, 2.05) is 11.7 Å². The lowest BCUT2D eigenvalue weighted by atomic mass is 10.00. The normalized spacial score (nSPS) is 24.9. The topological polar surface area (TPSA) is 33.1 Å². The van der Waals surface area contributed by atoms with Gasteiger partial charge in [0.25, 0.3) is 0 Å². The van der Waals surface area contributed by atoms with Gasteiger partial charge >= 0.3 is 0 Å². The Labute approximate surface area is 124 Å². The molecule has 1 N–H and O–H groups in total. The van der Waals surface area contributed by atoms with Gasteiger partial charge in [-0.1, -0.05) is 13.3 Å². The van der Waals surface area contributed by atoms with Crippen LogP contribution in [0.1, 0.15) is 51.4 Å². The van der Waals surface area contributed by atoms with E-state index in [1.165, 1.54) is 25.0 Å². The maximum atomic E-state index is 4.54. The van der Waals surface area contributed by atoms with Gasteiger partial charge in [-0.05, 0) is 49.0 Å². The number of nitrogens with one attached hydrogen (secondary N) is 1. The van der Waals surface area contributed by atoms with E-state index in [4.69, 9.17) is 0 Å². The lowest BCUT2D eigenvalue weighted by molar-refractivity contribution is 0.0426. The molecule has 2 unspecified atom stereocenters. The van der Waals surface area contributed by atoms with Crippen LogP contribution >= 0.6 is 15.9 Å². The highest BCUT2D eigenvalue weighted by atomic mass is 79.9. The average molecular weight is 329 g/mol. The van der Waals surface area contributed by atoms with E-state index in [-0.39, 0.29) is 0 Å². The van der Waals surface area contributed by atoms with Gasteiger partial charge in [0.15, 0.2) is 0 Å². The van der Waals surface area contributed by atoms with Crippen molar-refractivity contribution in [1.29, 1.82) is 0 Å². The number of hydrogen-bond donors (Lipinski definition) is 1. The summed E-state index contributed by atoms with van der Waals surface area (Å²) in [6.45, 7) is 7.58. The number of aryl methyl sites for hydroxylation is 2. The van der Waals surface area contributed by atoms with Crippen LogP contribution in [0.2, 0.25) is 0 Å². The highest BCUT2D eigenvalue weighted by molar-refractivity contribution is 9.10. The minimum atomic E-state index is 0.612. The van der Waals surface area contributed by atoms with Crippen LogP contribution in [0.3, 0.4) is 0 Å². The predicted octanol–water partition coefficient (Wildman–Crippen LogP) is 3.01. The number of nitrogens with zero attached hydrogens (tertiary/aromatic N) is 3. The quantitative estimate of drug-likeness (QED) is 0.922. The van der Waals surface area contributed by atoms with E-state index < -0.39 is 0 Å². The van der Waals surface area contributed by atoms with Gasteiger partial charge in [-0.25, -0.2) is 10.4 Å². The molecule has 0 aromatic carbocycles. The molecule has 0 spiro atoms. The molecule has 1 saturated heterocycles. The maximum Gasteiger partial charge on any atom is 0.0767 e. The van der Waals surface area contributed by atoms with Crippen molar-refractivity contribution in [2.75, 3.05) is 0 Å². The van der Waals surface area contributed by atoms with Crippen molar-refractivity contribution < 1.29 is 0 Å². The molecule has 2 atom stereocenters. The summed E-state index contributed by atoms with van der Waals surface area (Å²) < 4.78 is 3.14. The smallest absolute Gasteiger partial charge is 0.0767 e. The van der Waals surface area contributed by atoms with Crippen molar-refractivity contribution in [2.45, 2.75) is 65.1 Å². The summed E-state index contributed by atoms with van der Waals surface area (Å²) in [5.41, 5.74) is 5.96. The van der Waals surface area contributed by atoms with Crippen LogP contribution < -0.4 is 5.43 Å². The Kier molecular flexibility index (Phi) is 5.03. The summed E-state index contributed by atoms with van der Waals surface area (Å²) in [6.07, 6.45) is 4.87. The molecule has 1 fully saturated rings. The van der Waals surface area contributed by atoms with E-state index in [9.17, 15) is 0 Å². The third-order valence-electron chi connectivity index (χ3n) is 4.13. The summed E-state index contributed by atoms with van der Waals surface area (Å²) in [5, 5.41) is 6.95. The number of aromatic nitrogens is 2. The fourth-order valence-electron chi connectivity index (χ4n) is 2.91. The molecule has 0 bridgehead atoms. The molecule has 0 saturated carbocycles. The van der Waals surface area contributed by atoms with Crippen molar-refractivity contribution in [2.24, 2.45) is 7.05 Å². The van der Waals surface area contributed by atoms with Crippen molar-refractivity contribution >= 4 is 15.9 Å². The molecule has 1 aliphatic rings.